The van der Waals surface area contributed by atoms with Crippen LogP contribution in [0.15, 0.2) is 0 Å². The van der Waals surface area contributed by atoms with E-state index in [1.807, 2.05) is 0 Å². The van der Waals surface area contributed by atoms with Gasteiger partial charge in [-0.1, -0.05) is 381 Å². The first-order chi connectivity index (χ1) is 57.6. The van der Waals surface area contributed by atoms with Gasteiger partial charge in [-0.15, -0.1) is 0 Å². The van der Waals surface area contributed by atoms with Crippen molar-refractivity contribution >= 4 is 31.7 Å². The van der Waals surface area contributed by atoms with Crippen LogP contribution in [0, 0.1) is 5.92 Å². The number of aliphatic hydroxyl groups is 9. The first-order valence-corrected chi connectivity index (χ1v) is 50.2. The van der Waals surface area contributed by atoms with Gasteiger partial charge in [-0.05, 0) is 31.6 Å². The third-order valence-corrected chi connectivity index (χ3v) is 25.2. The van der Waals surface area contributed by atoms with Crippen molar-refractivity contribution in [3.8, 4) is 0 Å². The van der Waals surface area contributed by atoms with Crippen LogP contribution in [0.25, 0.3) is 0 Å². The average molecular weight is 1720 g/mol. The Kier molecular flexibility index (Phi) is 66.5. The molecule has 702 valence electrons. The molecule has 3 rings (SSSR count). The van der Waals surface area contributed by atoms with Crippen LogP contribution < -0.4 is 0 Å². The largest absolute Gasteiger partial charge is 0.472 e. The molecule has 25 nitrogen and oxygen atoms in total. The van der Waals surface area contributed by atoms with Crippen molar-refractivity contribution in [2.75, 3.05) is 26.4 Å². The lowest BCUT2D eigenvalue weighted by molar-refractivity contribution is -0.360. The molecule has 1 saturated carbocycles. The number of ether oxygens (including phenoxy) is 8. The van der Waals surface area contributed by atoms with Gasteiger partial charge in [-0.3, -0.25) is 28.2 Å². The van der Waals surface area contributed by atoms with Crippen molar-refractivity contribution in [3.05, 3.63) is 0 Å². The normalized spacial score (nSPS) is 25.0. The summed E-state index contributed by atoms with van der Waals surface area (Å²) >= 11 is 0. The lowest BCUT2D eigenvalue weighted by Crippen LogP contribution is -2.70. The molecule has 19 unspecified atom stereocenters. The zero-order valence-corrected chi connectivity index (χ0v) is 76.0. The van der Waals surface area contributed by atoms with Gasteiger partial charge in [0.25, 0.3) is 0 Å². The number of carbonyl (C=O) groups excluding carboxylic acids is 4. The molecule has 2 aliphatic heterocycles. The summed E-state index contributed by atoms with van der Waals surface area (Å²) in [6.07, 6.45) is 28.0. The average Bonchev–Trinajstić information content (AvgIpc) is 0.753. The second-order valence-corrected chi connectivity index (χ2v) is 36.6. The quantitative estimate of drug-likeness (QED) is 0.0117. The van der Waals surface area contributed by atoms with Crippen molar-refractivity contribution in [1.29, 1.82) is 0 Å². The number of unbranched alkanes of at least 4 members (excludes halogenated alkanes) is 51. The summed E-state index contributed by atoms with van der Waals surface area (Å²) in [4.78, 5) is 66.6. The Balaban J connectivity index is 1.90. The molecule has 2 heterocycles. The van der Waals surface area contributed by atoms with Crippen LogP contribution in [-0.2, 0) is 70.7 Å². The Morgan fingerprint density at radius 3 is 1.00 bits per heavy atom. The lowest BCUT2D eigenvalue weighted by atomic mass is 9.84. The summed E-state index contributed by atoms with van der Waals surface area (Å²) in [5.41, 5.74) is 0. The highest BCUT2D eigenvalue weighted by atomic mass is 31.2. The van der Waals surface area contributed by atoms with Gasteiger partial charge in [0.2, 0.25) is 0 Å². The first kappa shape index (κ1) is 111. The molecular formula is C93H175O25P. The first-order valence-electron chi connectivity index (χ1n) is 48.7. The number of phosphoric ester groups is 1. The van der Waals surface area contributed by atoms with Gasteiger partial charge >= 0.3 is 31.7 Å². The van der Waals surface area contributed by atoms with E-state index in [4.69, 9.17) is 46.9 Å². The van der Waals surface area contributed by atoms with E-state index in [0.29, 0.717) is 38.0 Å². The number of phosphoric acid groups is 1. The summed E-state index contributed by atoms with van der Waals surface area (Å²) in [7, 11) is -5.80. The van der Waals surface area contributed by atoms with Gasteiger partial charge in [0, 0.05) is 25.7 Å². The number of hydrogen-bond donors (Lipinski definition) is 10. The smallest absolute Gasteiger partial charge is 0.463 e. The van der Waals surface area contributed by atoms with Crippen molar-refractivity contribution in [1.82, 2.24) is 0 Å². The minimum Gasteiger partial charge on any atom is -0.463 e. The molecule has 0 bridgehead atoms. The third kappa shape index (κ3) is 51.8. The summed E-state index contributed by atoms with van der Waals surface area (Å²) in [6.45, 7) is 7.97. The molecule has 0 aromatic rings. The van der Waals surface area contributed by atoms with Gasteiger partial charge in [0.1, 0.15) is 92.6 Å². The van der Waals surface area contributed by atoms with Crippen LogP contribution >= 0.6 is 7.82 Å². The Bertz CT molecular complexity index is 2490. The van der Waals surface area contributed by atoms with Crippen LogP contribution in [0.4, 0.5) is 0 Å². The molecule has 19 atom stereocenters. The van der Waals surface area contributed by atoms with Gasteiger partial charge in [0.15, 0.2) is 24.8 Å². The van der Waals surface area contributed by atoms with E-state index in [-0.39, 0.29) is 25.7 Å². The van der Waals surface area contributed by atoms with E-state index in [1.165, 1.54) is 212 Å². The van der Waals surface area contributed by atoms with Gasteiger partial charge < -0.3 is 88.7 Å². The topological polar surface area (TPSA) is 380 Å². The van der Waals surface area contributed by atoms with Crippen LogP contribution in [-0.4, -0.2) is 205 Å². The molecule has 2 saturated heterocycles. The van der Waals surface area contributed by atoms with Crippen LogP contribution in [0.1, 0.15) is 433 Å². The summed E-state index contributed by atoms with van der Waals surface area (Å²) < 4.78 is 73.6. The van der Waals surface area contributed by atoms with Crippen LogP contribution in [0.3, 0.4) is 0 Å². The Labute approximate surface area is 719 Å². The molecule has 0 radical (unpaired) electrons. The Morgan fingerprint density at radius 1 is 0.328 bits per heavy atom. The van der Waals surface area contributed by atoms with Gasteiger partial charge in [-0.2, -0.15) is 0 Å². The monoisotopic (exact) mass is 1720 g/mol. The molecule has 3 fully saturated rings. The highest BCUT2D eigenvalue weighted by molar-refractivity contribution is 7.47. The molecule has 1 aliphatic carbocycles. The molecule has 0 spiro atoms. The molecular weight excluding hydrogens is 1550 g/mol. The molecule has 0 amide bonds. The fourth-order valence-corrected chi connectivity index (χ4v) is 17.4. The molecule has 3 aliphatic rings. The zero-order chi connectivity index (χ0) is 86.9. The van der Waals surface area contributed by atoms with Crippen molar-refractivity contribution in [2.24, 2.45) is 5.92 Å². The van der Waals surface area contributed by atoms with Crippen LogP contribution in [0.5, 0.6) is 0 Å². The van der Waals surface area contributed by atoms with Crippen molar-refractivity contribution in [2.45, 2.75) is 537 Å². The lowest BCUT2D eigenvalue weighted by Gasteiger charge is -2.50. The third-order valence-electron chi connectivity index (χ3n) is 24.3. The van der Waals surface area contributed by atoms with Gasteiger partial charge in [0.05, 0.1) is 13.2 Å². The van der Waals surface area contributed by atoms with Crippen molar-refractivity contribution < 1.29 is 122 Å². The van der Waals surface area contributed by atoms with E-state index in [0.717, 1.165) is 128 Å². The summed E-state index contributed by atoms with van der Waals surface area (Å²) in [5.74, 6) is -2.25. The number of esters is 4. The zero-order valence-electron chi connectivity index (χ0n) is 75.1. The van der Waals surface area contributed by atoms with Crippen LogP contribution in [0.2, 0.25) is 0 Å². The van der Waals surface area contributed by atoms with Gasteiger partial charge in [-0.25, -0.2) is 4.57 Å². The molecule has 119 heavy (non-hydrogen) atoms. The maximum atomic E-state index is 14.9. The number of aliphatic hydroxyl groups excluding tert-OH is 9. The second kappa shape index (κ2) is 71.5. The van der Waals surface area contributed by atoms with Crippen molar-refractivity contribution in [3.63, 3.8) is 0 Å². The maximum absolute atomic E-state index is 14.9. The SMILES string of the molecule is CCCCCCCCCCCCCCCCCCC(=O)OC(COC(=O)CCCCCCCCCCCCCCCCC)COP(=O)(O)OC1C(OC2OC(CO)C(O)C(O)C2O)C(O)C(O)C(OC(=O)CCCCCCCCCCCCCCC)C1OC1OC(COC(=O)CCCCCCCCC(C)CCCCCCCC)C(O)C(O)C1O. The maximum Gasteiger partial charge on any atom is 0.472 e. The molecule has 0 aromatic heterocycles. The highest BCUT2D eigenvalue weighted by Gasteiger charge is 2.60. The Hall–Kier alpha value is -2.53. The van der Waals surface area contributed by atoms with E-state index < -0.39 is 162 Å². The second-order valence-electron chi connectivity index (χ2n) is 35.2. The summed E-state index contributed by atoms with van der Waals surface area (Å²) in [5, 5.41) is 102. The van der Waals surface area contributed by atoms with E-state index >= 15 is 0 Å². The minimum atomic E-state index is -5.80. The number of carbonyl (C=O) groups is 4. The Morgan fingerprint density at radius 2 is 0.630 bits per heavy atom. The highest BCUT2D eigenvalue weighted by Crippen LogP contribution is 2.49. The molecule has 0 aromatic carbocycles. The van der Waals surface area contributed by atoms with E-state index in [1.54, 1.807) is 0 Å². The minimum absolute atomic E-state index is 0.0174. The predicted molar refractivity (Wildman–Crippen MR) is 463 cm³/mol. The molecule has 26 heteroatoms. The fourth-order valence-electron chi connectivity index (χ4n) is 16.4. The fraction of sp³-hybridized carbons (Fsp3) is 0.957. The van der Waals surface area contributed by atoms with E-state index in [2.05, 4.69) is 34.6 Å². The summed E-state index contributed by atoms with van der Waals surface area (Å²) in [6, 6.07) is 0. The predicted octanol–water partition coefficient (Wildman–Crippen LogP) is 18.4. The number of rotatable bonds is 79. The number of hydrogen-bond acceptors (Lipinski definition) is 24. The molecule has 10 N–H and O–H groups in total. The van der Waals surface area contributed by atoms with E-state index in [9.17, 15) is 74.6 Å². The standard InChI is InChI=1S/C93H175O25P/c1-6-10-14-18-22-25-28-31-33-35-38-41-43-46-54-60-66-78(97)112-73(69-109-76(95)64-58-52-45-42-39-37-34-32-29-26-23-19-15-11-7-2)70-111-119(107,108)118-91-89(116-92-86(105)82(101)80(99)74(68-94)113-92)85(104)84(103)88(115-79(98)67-61-55-47-44-40-36-30-27-24-20-16-12-8-3)90(91)117-93-87(106)83(102)81(100)75(114-93)71-110-77(96)65-59-53-49-48-51-57-63-72(5)62-56-50-21-17-13-9-4/h72-75,80-94,99-106H,6-71H2,1-5H3,(H,107,108).